The van der Waals surface area contributed by atoms with Gasteiger partial charge >= 0.3 is 0 Å². The summed E-state index contributed by atoms with van der Waals surface area (Å²) in [5.74, 6) is -0.284. The van der Waals surface area contributed by atoms with E-state index < -0.39 is 4.92 Å². The van der Waals surface area contributed by atoms with Crippen LogP contribution in [0.3, 0.4) is 0 Å². The van der Waals surface area contributed by atoms with Crippen molar-refractivity contribution in [3.63, 3.8) is 0 Å². The topological polar surface area (TPSA) is 119 Å². The molecule has 1 aliphatic rings. The third-order valence-corrected chi connectivity index (χ3v) is 4.12. The molecule has 1 fully saturated rings. The Morgan fingerprint density at radius 3 is 2.56 bits per heavy atom. The van der Waals surface area contributed by atoms with Crippen molar-refractivity contribution in [1.82, 2.24) is 10.2 Å². The van der Waals surface area contributed by atoms with Crippen molar-refractivity contribution >= 4 is 29.9 Å². The number of halogens is 1. The number of nitro benzene ring substituents is 1. The summed E-state index contributed by atoms with van der Waals surface area (Å²) in [5.41, 5.74) is 5.72. The molecule has 8 nitrogen and oxygen atoms in total. The molecule has 9 heteroatoms. The van der Waals surface area contributed by atoms with Gasteiger partial charge in [-0.3, -0.25) is 19.7 Å². The first-order valence-corrected chi connectivity index (χ1v) is 8.05. The Hall–Kier alpha value is -2.19. The van der Waals surface area contributed by atoms with Crippen molar-refractivity contribution in [3.8, 4) is 0 Å². The SMILES string of the molecule is Cl.NCCC(=O)NCC1CCCCN1C(=O)c1ccc([N+](=O)[O-])cc1. The van der Waals surface area contributed by atoms with Crippen molar-refractivity contribution in [2.45, 2.75) is 31.7 Å². The van der Waals surface area contributed by atoms with E-state index in [0.29, 0.717) is 25.2 Å². The summed E-state index contributed by atoms with van der Waals surface area (Å²) < 4.78 is 0. The van der Waals surface area contributed by atoms with Crippen LogP contribution in [0.15, 0.2) is 24.3 Å². The number of nitro groups is 1. The van der Waals surface area contributed by atoms with Gasteiger partial charge in [0.2, 0.25) is 5.91 Å². The minimum Gasteiger partial charge on any atom is -0.354 e. The number of carbonyl (C=O) groups excluding carboxylic acids is 2. The maximum Gasteiger partial charge on any atom is 0.269 e. The zero-order valence-electron chi connectivity index (χ0n) is 13.8. The van der Waals surface area contributed by atoms with E-state index in [1.165, 1.54) is 24.3 Å². The monoisotopic (exact) mass is 370 g/mol. The van der Waals surface area contributed by atoms with E-state index >= 15 is 0 Å². The summed E-state index contributed by atoms with van der Waals surface area (Å²) in [6, 6.07) is 5.53. The molecule has 0 saturated carbocycles. The molecule has 0 radical (unpaired) electrons. The fourth-order valence-electron chi connectivity index (χ4n) is 2.82. The summed E-state index contributed by atoms with van der Waals surface area (Å²) in [6.07, 6.45) is 3.00. The number of amides is 2. The largest absolute Gasteiger partial charge is 0.354 e. The lowest BCUT2D eigenvalue weighted by Crippen LogP contribution is -2.49. The van der Waals surface area contributed by atoms with Gasteiger partial charge in [-0.1, -0.05) is 0 Å². The van der Waals surface area contributed by atoms with E-state index in [9.17, 15) is 19.7 Å². The number of non-ortho nitro benzene ring substituents is 1. The number of benzene rings is 1. The molecule has 1 unspecified atom stereocenters. The van der Waals surface area contributed by atoms with Gasteiger partial charge in [0.25, 0.3) is 11.6 Å². The van der Waals surface area contributed by atoms with Gasteiger partial charge in [0.1, 0.15) is 0 Å². The number of rotatable bonds is 6. The predicted molar refractivity (Wildman–Crippen MR) is 95.7 cm³/mol. The minimum atomic E-state index is -0.495. The molecular weight excluding hydrogens is 348 g/mol. The van der Waals surface area contributed by atoms with Crippen LogP contribution in [-0.4, -0.2) is 47.3 Å². The highest BCUT2D eigenvalue weighted by Gasteiger charge is 2.27. The van der Waals surface area contributed by atoms with Crippen LogP contribution in [0.2, 0.25) is 0 Å². The van der Waals surface area contributed by atoms with Gasteiger partial charge < -0.3 is 16.0 Å². The minimum absolute atomic E-state index is 0. The second-order valence-electron chi connectivity index (χ2n) is 5.79. The molecule has 25 heavy (non-hydrogen) atoms. The maximum atomic E-state index is 12.7. The van der Waals surface area contributed by atoms with Crippen LogP contribution in [0.5, 0.6) is 0 Å². The zero-order valence-corrected chi connectivity index (χ0v) is 14.7. The Kier molecular flexibility index (Phi) is 8.30. The highest BCUT2D eigenvalue weighted by atomic mass is 35.5. The first kappa shape index (κ1) is 20.9. The summed E-state index contributed by atoms with van der Waals surface area (Å²) in [7, 11) is 0. The molecule has 1 aliphatic heterocycles. The lowest BCUT2D eigenvalue weighted by atomic mass is 10.0. The standard InChI is InChI=1S/C16H22N4O4.ClH/c17-9-8-15(21)18-11-14-3-1-2-10-19(14)16(22)12-4-6-13(7-5-12)20(23)24;/h4-7,14H,1-3,8-11,17H2,(H,18,21);1H. The average Bonchev–Trinajstić information content (AvgIpc) is 2.60. The van der Waals surface area contributed by atoms with E-state index in [2.05, 4.69) is 5.32 Å². The second-order valence-corrected chi connectivity index (χ2v) is 5.79. The van der Waals surface area contributed by atoms with E-state index in [1.807, 2.05) is 0 Å². The molecule has 1 aromatic carbocycles. The van der Waals surface area contributed by atoms with Crippen LogP contribution in [0.1, 0.15) is 36.0 Å². The van der Waals surface area contributed by atoms with Crippen LogP contribution < -0.4 is 11.1 Å². The molecule has 0 bridgehead atoms. The lowest BCUT2D eigenvalue weighted by molar-refractivity contribution is -0.384. The second kappa shape index (κ2) is 9.95. The fraction of sp³-hybridized carbons (Fsp3) is 0.500. The van der Waals surface area contributed by atoms with Gasteiger partial charge in [-0.25, -0.2) is 0 Å². The molecule has 3 N–H and O–H groups in total. The average molecular weight is 371 g/mol. The first-order valence-electron chi connectivity index (χ1n) is 8.05. The maximum absolute atomic E-state index is 12.7. The number of nitrogens with one attached hydrogen (secondary N) is 1. The molecule has 0 aliphatic carbocycles. The smallest absolute Gasteiger partial charge is 0.269 e. The molecule has 0 aromatic heterocycles. The van der Waals surface area contributed by atoms with Gasteiger partial charge in [0.15, 0.2) is 0 Å². The number of hydrogen-bond donors (Lipinski definition) is 2. The summed E-state index contributed by atoms with van der Waals surface area (Å²) >= 11 is 0. The first-order chi connectivity index (χ1) is 11.5. The van der Waals surface area contributed by atoms with Crippen LogP contribution >= 0.6 is 12.4 Å². The van der Waals surface area contributed by atoms with Crippen LogP contribution in [-0.2, 0) is 4.79 Å². The zero-order chi connectivity index (χ0) is 17.5. The summed E-state index contributed by atoms with van der Waals surface area (Å²) in [5, 5.41) is 13.5. The van der Waals surface area contributed by atoms with Gasteiger partial charge in [-0.15, -0.1) is 12.4 Å². The van der Waals surface area contributed by atoms with Gasteiger partial charge in [-0.05, 0) is 31.4 Å². The Balaban J connectivity index is 0.00000312. The summed E-state index contributed by atoms with van der Waals surface area (Å²) in [6.45, 7) is 1.31. The third kappa shape index (κ3) is 5.68. The molecule has 2 amide bonds. The third-order valence-electron chi connectivity index (χ3n) is 4.12. The van der Waals surface area contributed by atoms with Crippen LogP contribution in [0, 0.1) is 10.1 Å². The summed E-state index contributed by atoms with van der Waals surface area (Å²) in [4.78, 5) is 36.2. The lowest BCUT2D eigenvalue weighted by Gasteiger charge is -2.36. The van der Waals surface area contributed by atoms with Crippen molar-refractivity contribution in [1.29, 1.82) is 0 Å². The van der Waals surface area contributed by atoms with E-state index in [-0.39, 0.29) is 42.4 Å². The van der Waals surface area contributed by atoms with Crippen molar-refractivity contribution in [2.75, 3.05) is 19.6 Å². The molecule has 1 atom stereocenters. The van der Waals surface area contributed by atoms with Gasteiger partial charge in [0.05, 0.1) is 4.92 Å². The fourth-order valence-corrected chi connectivity index (χ4v) is 2.82. The molecule has 1 saturated heterocycles. The molecule has 2 rings (SSSR count). The molecule has 1 heterocycles. The van der Waals surface area contributed by atoms with Crippen molar-refractivity contribution < 1.29 is 14.5 Å². The molecule has 1 aromatic rings. The van der Waals surface area contributed by atoms with E-state index in [0.717, 1.165) is 19.3 Å². The van der Waals surface area contributed by atoms with E-state index in [1.54, 1.807) is 4.90 Å². The van der Waals surface area contributed by atoms with E-state index in [4.69, 9.17) is 5.73 Å². The van der Waals surface area contributed by atoms with Gasteiger partial charge in [0, 0.05) is 49.8 Å². The predicted octanol–water partition coefficient (Wildman–Crippen LogP) is 1.48. The van der Waals surface area contributed by atoms with Gasteiger partial charge in [-0.2, -0.15) is 0 Å². The number of nitrogens with zero attached hydrogens (tertiary/aromatic N) is 2. The number of nitrogens with two attached hydrogens (primary N) is 1. The quantitative estimate of drug-likeness (QED) is 0.580. The normalized spacial score (nSPS) is 16.7. The number of carbonyl (C=O) groups is 2. The van der Waals surface area contributed by atoms with Crippen LogP contribution in [0.4, 0.5) is 5.69 Å². The molecule has 0 spiro atoms. The highest BCUT2D eigenvalue weighted by molar-refractivity contribution is 5.94. The van der Waals surface area contributed by atoms with Crippen molar-refractivity contribution in [3.05, 3.63) is 39.9 Å². The van der Waals surface area contributed by atoms with Crippen molar-refractivity contribution in [2.24, 2.45) is 5.73 Å². The number of likely N-dealkylation sites (tertiary alicyclic amines) is 1. The number of hydrogen-bond acceptors (Lipinski definition) is 5. The highest BCUT2D eigenvalue weighted by Crippen LogP contribution is 2.20. The van der Waals surface area contributed by atoms with Crippen LogP contribution in [0.25, 0.3) is 0 Å². The Morgan fingerprint density at radius 2 is 1.96 bits per heavy atom. The Bertz CT molecular complexity index is 609. The number of piperidine rings is 1. The Morgan fingerprint density at radius 1 is 1.28 bits per heavy atom. The Labute approximate surface area is 152 Å². The molecule has 138 valence electrons. The molecular formula is C16H23ClN4O4.